The van der Waals surface area contributed by atoms with Gasteiger partial charge in [-0.05, 0) is 36.8 Å². The molecule has 0 aliphatic heterocycles. The SMILES string of the molecule is COC(=O)/C=C(/Nc1ccc(CS(=O)(=O)c2ccc(C)cc2)cc1)C(=O)OC. The van der Waals surface area contributed by atoms with E-state index in [9.17, 15) is 18.0 Å². The topological polar surface area (TPSA) is 98.8 Å². The Kier molecular flexibility index (Phi) is 6.94. The van der Waals surface area contributed by atoms with E-state index in [1.54, 1.807) is 48.5 Å². The molecular weight excluding hydrogens is 382 g/mol. The Hall–Kier alpha value is -3.13. The van der Waals surface area contributed by atoms with E-state index in [2.05, 4.69) is 14.8 Å². The molecule has 0 atom stereocenters. The Bertz CT molecular complexity index is 976. The third kappa shape index (κ3) is 5.68. The van der Waals surface area contributed by atoms with Crippen molar-refractivity contribution < 1.29 is 27.5 Å². The van der Waals surface area contributed by atoms with Crippen LogP contribution in [-0.2, 0) is 34.7 Å². The second-order valence-corrected chi connectivity index (χ2v) is 7.96. The fourth-order valence-corrected chi connectivity index (χ4v) is 3.67. The standard InChI is InChI=1S/C20H21NO6S/c1-14-4-10-17(11-5-14)28(24,25)13-15-6-8-16(9-7-15)21-18(20(23)27-3)12-19(22)26-2/h4-12,21H,13H2,1-3H3/b18-12+. The number of anilines is 1. The predicted molar refractivity (Wildman–Crippen MR) is 104 cm³/mol. The van der Waals surface area contributed by atoms with Crippen LogP contribution in [0.25, 0.3) is 0 Å². The summed E-state index contributed by atoms with van der Waals surface area (Å²) in [5, 5.41) is 2.76. The third-order valence-electron chi connectivity index (χ3n) is 3.84. The van der Waals surface area contributed by atoms with Crippen molar-refractivity contribution >= 4 is 27.5 Å². The molecular formula is C20H21NO6S. The summed E-state index contributed by atoms with van der Waals surface area (Å²) in [7, 11) is -1.09. The maximum atomic E-state index is 12.5. The molecule has 7 nitrogen and oxygen atoms in total. The zero-order valence-corrected chi connectivity index (χ0v) is 16.6. The van der Waals surface area contributed by atoms with Crippen LogP contribution in [-0.4, -0.2) is 34.6 Å². The van der Waals surface area contributed by atoms with E-state index in [0.717, 1.165) is 11.6 Å². The van der Waals surface area contributed by atoms with E-state index < -0.39 is 21.8 Å². The molecule has 2 aromatic carbocycles. The lowest BCUT2D eigenvalue weighted by molar-refractivity contribution is -0.138. The first-order valence-electron chi connectivity index (χ1n) is 8.28. The van der Waals surface area contributed by atoms with Gasteiger partial charge in [0.05, 0.1) is 30.9 Å². The van der Waals surface area contributed by atoms with Crippen LogP contribution in [0.1, 0.15) is 11.1 Å². The number of carbonyl (C=O) groups is 2. The number of ether oxygens (including phenoxy) is 2. The van der Waals surface area contributed by atoms with Crippen molar-refractivity contribution in [1.29, 1.82) is 0 Å². The number of aryl methyl sites for hydroxylation is 1. The number of benzene rings is 2. The van der Waals surface area contributed by atoms with Gasteiger partial charge in [-0.15, -0.1) is 0 Å². The molecule has 0 heterocycles. The average Bonchev–Trinajstić information content (AvgIpc) is 2.68. The summed E-state index contributed by atoms with van der Waals surface area (Å²) >= 11 is 0. The zero-order chi connectivity index (χ0) is 20.7. The van der Waals surface area contributed by atoms with E-state index in [0.29, 0.717) is 11.3 Å². The quantitative estimate of drug-likeness (QED) is 0.560. The van der Waals surface area contributed by atoms with Crippen molar-refractivity contribution in [2.24, 2.45) is 0 Å². The van der Waals surface area contributed by atoms with Gasteiger partial charge < -0.3 is 14.8 Å². The summed E-state index contributed by atoms with van der Waals surface area (Å²) in [6, 6.07) is 13.1. The van der Waals surface area contributed by atoms with Crippen LogP contribution >= 0.6 is 0 Å². The van der Waals surface area contributed by atoms with Crippen LogP contribution in [0, 0.1) is 6.92 Å². The number of carbonyl (C=O) groups excluding carboxylic acids is 2. The smallest absolute Gasteiger partial charge is 0.354 e. The number of rotatable bonds is 7. The van der Waals surface area contributed by atoms with Crippen LogP contribution in [0.2, 0.25) is 0 Å². The van der Waals surface area contributed by atoms with Crippen LogP contribution in [0.4, 0.5) is 5.69 Å². The third-order valence-corrected chi connectivity index (χ3v) is 5.54. The Morgan fingerprint density at radius 2 is 1.57 bits per heavy atom. The molecule has 0 unspecified atom stereocenters. The molecule has 0 fully saturated rings. The molecule has 0 aliphatic carbocycles. The summed E-state index contributed by atoms with van der Waals surface area (Å²) in [5.74, 6) is -1.61. The monoisotopic (exact) mass is 403 g/mol. The molecule has 1 N–H and O–H groups in total. The van der Waals surface area contributed by atoms with Gasteiger partial charge in [-0.3, -0.25) is 0 Å². The van der Waals surface area contributed by atoms with Gasteiger partial charge in [0.15, 0.2) is 9.84 Å². The summed E-state index contributed by atoms with van der Waals surface area (Å²) in [4.78, 5) is 23.4. The maximum absolute atomic E-state index is 12.5. The minimum Gasteiger partial charge on any atom is -0.466 e. The lowest BCUT2D eigenvalue weighted by atomic mass is 10.2. The normalized spacial score (nSPS) is 11.6. The van der Waals surface area contributed by atoms with E-state index in [4.69, 9.17) is 0 Å². The van der Waals surface area contributed by atoms with E-state index >= 15 is 0 Å². The van der Waals surface area contributed by atoms with Gasteiger partial charge in [0.25, 0.3) is 0 Å². The van der Waals surface area contributed by atoms with Gasteiger partial charge in [0.2, 0.25) is 0 Å². The molecule has 148 valence electrons. The lowest BCUT2D eigenvalue weighted by Crippen LogP contribution is -2.15. The first-order chi connectivity index (χ1) is 13.2. The highest BCUT2D eigenvalue weighted by atomic mass is 32.2. The largest absolute Gasteiger partial charge is 0.466 e. The molecule has 0 amide bonds. The van der Waals surface area contributed by atoms with Gasteiger partial charge in [0.1, 0.15) is 5.70 Å². The van der Waals surface area contributed by atoms with Crippen LogP contribution in [0.5, 0.6) is 0 Å². The highest BCUT2D eigenvalue weighted by molar-refractivity contribution is 7.90. The lowest BCUT2D eigenvalue weighted by Gasteiger charge is -2.10. The number of hydrogen-bond acceptors (Lipinski definition) is 7. The van der Waals surface area contributed by atoms with Crippen molar-refractivity contribution in [1.82, 2.24) is 0 Å². The second kappa shape index (κ2) is 9.18. The molecule has 28 heavy (non-hydrogen) atoms. The second-order valence-electron chi connectivity index (χ2n) is 5.97. The number of nitrogens with one attached hydrogen (secondary N) is 1. The van der Waals surface area contributed by atoms with Gasteiger partial charge in [0, 0.05) is 5.69 Å². The minimum atomic E-state index is -3.47. The van der Waals surface area contributed by atoms with Gasteiger partial charge in [-0.2, -0.15) is 0 Å². The number of hydrogen-bond donors (Lipinski definition) is 1. The van der Waals surface area contributed by atoms with E-state index in [-0.39, 0.29) is 16.3 Å². The highest BCUT2D eigenvalue weighted by Crippen LogP contribution is 2.19. The van der Waals surface area contributed by atoms with Crippen LogP contribution < -0.4 is 5.32 Å². The molecule has 0 bridgehead atoms. The Labute approximate surface area is 163 Å². The zero-order valence-electron chi connectivity index (χ0n) is 15.8. The average molecular weight is 403 g/mol. The molecule has 0 saturated heterocycles. The molecule has 0 spiro atoms. The molecule has 0 radical (unpaired) electrons. The van der Waals surface area contributed by atoms with Crippen LogP contribution in [0.15, 0.2) is 65.2 Å². The Morgan fingerprint density at radius 3 is 2.11 bits per heavy atom. The van der Waals surface area contributed by atoms with Crippen molar-refractivity contribution in [2.75, 3.05) is 19.5 Å². The summed E-state index contributed by atoms with van der Waals surface area (Å²) < 4.78 is 34.2. The predicted octanol–water partition coefficient (Wildman–Crippen LogP) is 2.61. The van der Waals surface area contributed by atoms with Crippen molar-refractivity contribution in [2.45, 2.75) is 17.6 Å². The molecule has 2 rings (SSSR count). The van der Waals surface area contributed by atoms with Crippen molar-refractivity contribution in [3.05, 3.63) is 71.4 Å². The molecule has 0 aliphatic rings. The van der Waals surface area contributed by atoms with Crippen molar-refractivity contribution in [3.63, 3.8) is 0 Å². The first kappa shape index (κ1) is 21.2. The van der Waals surface area contributed by atoms with Gasteiger partial charge in [-0.1, -0.05) is 29.8 Å². The molecule has 8 heteroatoms. The molecule has 2 aromatic rings. The number of sulfone groups is 1. The number of methoxy groups -OCH3 is 2. The molecule has 0 saturated carbocycles. The Morgan fingerprint density at radius 1 is 0.964 bits per heavy atom. The fraction of sp³-hybridized carbons (Fsp3) is 0.200. The first-order valence-corrected chi connectivity index (χ1v) is 9.94. The summed E-state index contributed by atoms with van der Waals surface area (Å²) in [5.41, 5.74) is 1.95. The summed E-state index contributed by atoms with van der Waals surface area (Å²) in [6.07, 6.45) is 0.974. The van der Waals surface area contributed by atoms with Crippen molar-refractivity contribution in [3.8, 4) is 0 Å². The molecule has 0 aromatic heterocycles. The van der Waals surface area contributed by atoms with Crippen LogP contribution in [0.3, 0.4) is 0 Å². The van der Waals surface area contributed by atoms with Gasteiger partial charge >= 0.3 is 11.9 Å². The summed E-state index contributed by atoms with van der Waals surface area (Å²) in [6.45, 7) is 1.89. The fourth-order valence-electron chi connectivity index (χ4n) is 2.32. The number of esters is 2. The Balaban J connectivity index is 2.16. The van der Waals surface area contributed by atoms with E-state index in [1.807, 2.05) is 6.92 Å². The van der Waals surface area contributed by atoms with Gasteiger partial charge in [-0.25, -0.2) is 18.0 Å². The van der Waals surface area contributed by atoms with E-state index in [1.165, 1.54) is 14.2 Å². The minimum absolute atomic E-state index is 0.102. The highest BCUT2D eigenvalue weighted by Gasteiger charge is 2.16. The maximum Gasteiger partial charge on any atom is 0.354 e.